The van der Waals surface area contributed by atoms with E-state index in [1.807, 2.05) is 0 Å². The highest BCUT2D eigenvalue weighted by Gasteiger charge is 2.35. The van der Waals surface area contributed by atoms with Crippen LogP contribution in [-0.4, -0.2) is 61.6 Å². The van der Waals surface area contributed by atoms with Crippen LogP contribution in [0.5, 0.6) is 11.5 Å². The Morgan fingerprint density at radius 3 is 2.65 bits per heavy atom. The number of methoxy groups -OCH3 is 1. The molecule has 2 aromatic rings. The van der Waals surface area contributed by atoms with E-state index in [9.17, 15) is 18.8 Å². The Morgan fingerprint density at radius 1 is 1.23 bits per heavy atom. The number of rotatable bonds is 11. The van der Waals surface area contributed by atoms with Gasteiger partial charge in [-0.25, -0.2) is 14.2 Å². The number of halogens is 1. The molecule has 1 aliphatic rings. The van der Waals surface area contributed by atoms with Crippen molar-refractivity contribution in [2.75, 3.05) is 20.5 Å². The van der Waals surface area contributed by atoms with Crippen molar-refractivity contribution in [1.82, 2.24) is 10.3 Å². The lowest BCUT2D eigenvalue weighted by Gasteiger charge is -2.31. The quantitative estimate of drug-likeness (QED) is 0.249. The predicted octanol–water partition coefficient (Wildman–Crippen LogP) is 3.77. The molecule has 4 atom stereocenters. The van der Waals surface area contributed by atoms with Crippen LogP contribution in [0.2, 0.25) is 0 Å². The van der Waals surface area contributed by atoms with Gasteiger partial charge in [0.15, 0.2) is 17.2 Å². The number of carbonyl (C=O) groups excluding carboxylic acids is 3. The van der Waals surface area contributed by atoms with Crippen LogP contribution in [0.4, 0.5) is 4.39 Å². The second kappa shape index (κ2) is 15.0. The fourth-order valence-corrected chi connectivity index (χ4v) is 4.60. The molecule has 216 valence electrons. The van der Waals surface area contributed by atoms with Gasteiger partial charge in [0.05, 0.1) is 19.8 Å². The number of pyridine rings is 1. The number of hydrogen-bond donors (Lipinski definition) is 1. The molecule has 11 heteroatoms. The van der Waals surface area contributed by atoms with Gasteiger partial charge in [0.2, 0.25) is 6.79 Å². The minimum Gasteiger partial charge on any atom is -0.493 e. The fourth-order valence-electron chi connectivity index (χ4n) is 4.60. The van der Waals surface area contributed by atoms with Gasteiger partial charge in [0.25, 0.3) is 5.91 Å². The first-order valence-corrected chi connectivity index (χ1v) is 13.0. The van der Waals surface area contributed by atoms with Crippen LogP contribution >= 0.6 is 0 Å². The Kier molecular flexibility index (Phi) is 11.4. The van der Waals surface area contributed by atoms with E-state index in [0.29, 0.717) is 25.7 Å². The normalized spacial score (nSPS) is 21.1. The molecule has 1 amide bonds. The molecule has 1 saturated heterocycles. The summed E-state index contributed by atoms with van der Waals surface area (Å²) < 4.78 is 40.8. The Hall–Kier alpha value is -3.99. The van der Waals surface area contributed by atoms with Crippen LogP contribution in [-0.2, 0) is 30.2 Å². The summed E-state index contributed by atoms with van der Waals surface area (Å²) in [7, 11) is 1.39. The van der Waals surface area contributed by atoms with E-state index in [1.165, 1.54) is 38.4 Å². The molecule has 0 bridgehead atoms. The molecule has 10 nitrogen and oxygen atoms in total. The summed E-state index contributed by atoms with van der Waals surface area (Å²) in [6.45, 7) is 6.49. The molecule has 1 aromatic carbocycles. The highest BCUT2D eigenvalue weighted by molar-refractivity contribution is 5.98. The summed E-state index contributed by atoms with van der Waals surface area (Å²) in [5, 5.41) is 2.70. The van der Waals surface area contributed by atoms with Gasteiger partial charge in [-0.05, 0) is 49.8 Å². The maximum absolute atomic E-state index is 13.4. The SMILES string of the molecule is C=CCO[C@@H]1[C@@H](Cc2ccc(F)cc2)CCC[C@H](NC(=O)c2nccc(OC)c2OCOC(C)=O)C(=O)O[C@H]1C. The summed E-state index contributed by atoms with van der Waals surface area (Å²) in [5.74, 6) is -2.05. The van der Waals surface area contributed by atoms with Crippen LogP contribution in [0.25, 0.3) is 0 Å². The monoisotopic (exact) mass is 558 g/mol. The molecule has 0 unspecified atom stereocenters. The summed E-state index contributed by atoms with van der Waals surface area (Å²) in [6.07, 6.45) is 4.06. The van der Waals surface area contributed by atoms with Crippen molar-refractivity contribution in [1.29, 1.82) is 0 Å². The molecular formula is C29H35FN2O8. The first-order chi connectivity index (χ1) is 19.2. The number of benzene rings is 1. The zero-order valence-corrected chi connectivity index (χ0v) is 22.9. The number of cyclic esters (lactones) is 1. The molecular weight excluding hydrogens is 523 g/mol. The van der Waals surface area contributed by atoms with Gasteiger partial charge in [0, 0.05) is 19.2 Å². The van der Waals surface area contributed by atoms with E-state index in [1.54, 1.807) is 25.1 Å². The maximum Gasteiger partial charge on any atom is 0.329 e. The van der Waals surface area contributed by atoms with Crippen molar-refractivity contribution in [2.45, 2.75) is 57.8 Å². The largest absolute Gasteiger partial charge is 0.493 e. The highest BCUT2D eigenvalue weighted by atomic mass is 19.1. The third kappa shape index (κ3) is 8.51. The van der Waals surface area contributed by atoms with Crippen molar-refractivity contribution in [2.24, 2.45) is 5.92 Å². The van der Waals surface area contributed by atoms with Crippen LogP contribution < -0.4 is 14.8 Å². The Bertz CT molecular complexity index is 1170. The zero-order valence-electron chi connectivity index (χ0n) is 22.9. The lowest BCUT2D eigenvalue weighted by Crippen LogP contribution is -2.44. The van der Waals surface area contributed by atoms with Gasteiger partial charge in [-0.1, -0.05) is 24.6 Å². The first-order valence-electron chi connectivity index (χ1n) is 13.0. The van der Waals surface area contributed by atoms with Crippen molar-refractivity contribution < 1.29 is 42.5 Å². The maximum atomic E-state index is 13.4. The van der Waals surface area contributed by atoms with E-state index in [0.717, 1.165) is 5.56 Å². The Labute approximate surface area is 232 Å². The van der Waals surface area contributed by atoms with Gasteiger partial charge >= 0.3 is 11.9 Å². The third-order valence-corrected chi connectivity index (χ3v) is 6.47. The molecule has 1 N–H and O–H groups in total. The van der Waals surface area contributed by atoms with Crippen LogP contribution in [0, 0.1) is 11.7 Å². The van der Waals surface area contributed by atoms with Crippen LogP contribution in [0.15, 0.2) is 49.2 Å². The average molecular weight is 559 g/mol. The van der Waals surface area contributed by atoms with Gasteiger partial charge in [-0.3, -0.25) is 9.59 Å². The number of aromatic nitrogens is 1. The van der Waals surface area contributed by atoms with Crippen molar-refractivity contribution >= 4 is 17.8 Å². The van der Waals surface area contributed by atoms with Gasteiger partial charge in [0.1, 0.15) is 18.0 Å². The summed E-state index contributed by atoms with van der Waals surface area (Å²) in [6, 6.07) is 6.81. The topological polar surface area (TPSA) is 122 Å². The standard InChI is InChI=1S/C29H35FN2O8/c1-5-15-37-26-18(2)40-29(35)23(8-6-7-21(26)16-20-9-11-22(30)12-10-20)32-28(34)25-27(39-17-38-19(3)33)24(36-4)13-14-31-25/h5,9-14,18,21,23,26H,1,6-8,15-17H2,2-4H3,(H,32,34)/t18-,21+,23-,26-/m0/s1. The lowest BCUT2D eigenvalue weighted by atomic mass is 9.87. The molecule has 1 fully saturated rings. The van der Waals surface area contributed by atoms with Crippen molar-refractivity contribution in [3.05, 3.63) is 66.3 Å². The molecule has 0 spiro atoms. The highest BCUT2D eigenvalue weighted by Crippen LogP contribution is 2.31. The van der Waals surface area contributed by atoms with Crippen LogP contribution in [0.1, 0.15) is 49.2 Å². The molecule has 0 aliphatic carbocycles. The van der Waals surface area contributed by atoms with E-state index in [4.69, 9.17) is 23.7 Å². The van der Waals surface area contributed by atoms with Gasteiger partial charge in [-0.15, -0.1) is 6.58 Å². The van der Waals surface area contributed by atoms with E-state index < -0.39 is 42.9 Å². The number of esters is 2. The minimum absolute atomic E-state index is 0.0363. The molecule has 40 heavy (non-hydrogen) atoms. The summed E-state index contributed by atoms with van der Waals surface area (Å²) >= 11 is 0. The number of ether oxygens (including phenoxy) is 5. The average Bonchev–Trinajstić information content (AvgIpc) is 2.97. The number of carbonyl (C=O) groups is 3. The van der Waals surface area contributed by atoms with Crippen molar-refractivity contribution in [3.63, 3.8) is 0 Å². The smallest absolute Gasteiger partial charge is 0.329 e. The molecule has 1 aliphatic heterocycles. The molecule has 2 heterocycles. The Morgan fingerprint density at radius 2 is 1.98 bits per heavy atom. The number of amides is 1. The minimum atomic E-state index is -0.964. The molecule has 3 rings (SSSR count). The summed E-state index contributed by atoms with van der Waals surface area (Å²) in [5.41, 5.74) is 0.792. The van der Waals surface area contributed by atoms with Gasteiger partial charge < -0.3 is 29.0 Å². The summed E-state index contributed by atoms with van der Waals surface area (Å²) in [4.78, 5) is 41.7. The third-order valence-electron chi connectivity index (χ3n) is 6.47. The first kappa shape index (κ1) is 30.6. The molecule has 1 aromatic heterocycles. The number of hydrogen-bond acceptors (Lipinski definition) is 9. The second-order valence-electron chi connectivity index (χ2n) is 9.37. The lowest BCUT2D eigenvalue weighted by molar-refractivity contribution is -0.160. The second-order valence-corrected chi connectivity index (χ2v) is 9.37. The predicted molar refractivity (Wildman–Crippen MR) is 142 cm³/mol. The van der Waals surface area contributed by atoms with E-state index in [-0.39, 0.29) is 35.5 Å². The van der Waals surface area contributed by atoms with Crippen molar-refractivity contribution in [3.8, 4) is 11.5 Å². The zero-order chi connectivity index (χ0) is 29.1. The van der Waals surface area contributed by atoms with Gasteiger partial charge in [-0.2, -0.15) is 0 Å². The number of nitrogens with one attached hydrogen (secondary N) is 1. The Balaban J connectivity index is 1.78. The number of nitrogens with zero attached hydrogens (tertiary/aromatic N) is 1. The molecule has 0 saturated carbocycles. The fraction of sp³-hybridized carbons (Fsp3) is 0.448. The van der Waals surface area contributed by atoms with Crippen LogP contribution in [0.3, 0.4) is 0 Å². The van der Waals surface area contributed by atoms with E-state index >= 15 is 0 Å². The molecule has 0 radical (unpaired) electrons. The van der Waals surface area contributed by atoms with E-state index in [2.05, 4.69) is 16.9 Å².